The Hall–Kier alpha value is -1.47. The van der Waals surface area contributed by atoms with Crippen LogP contribution in [-0.4, -0.2) is 44.5 Å². The number of aryl methyl sites for hydroxylation is 1. The van der Waals surface area contributed by atoms with Crippen molar-refractivity contribution in [3.63, 3.8) is 0 Å². The highest BCUT2D eigenvalue weighted by Crippen LogP contribution is 2.16. The van der Waals surface area contributed by atoms with E-state index in [1.54, 1.807) is 6.33 Å². The fraction of sp³-hybridized carbons (Fsp3) is 0.667. The first-order valence-corrected chi connectivity index (χ1v) is 5.12. The Labute approximate surface area is 92.9 Å². The van der Waals surface area contributed by atoms with E-state index in [2.05, 4.69) is 20.8 Å². The second kappa shape index (κ2) is 4.18. The molecule has 7 nitrogen and oxygen atoms in total. The van der Waals surface area contributed by atoms with E-state index in [9.17, 15) is 4.79 Å². The zero-order valence-corrected chi connectivity index (χ0v) is 9.10. The summed E-state index contributed by atoms with van der Waals surface area (Å²) in [6.07, 6.45) is 1.75. The zero-order valence-electron chi connectivity index (χ0n) is 9.10. The number of nitrogens with zero attached hydrogens (tertiary/aromatic N) is 3. The monoisotopic (exact) mass is 225 g/mol. The van der Waals surface area contributed by atoms with Crippen LogP contribution in [0.5, 0.6) is 0 Å². The molecule has 88 valence electrons. The Bertz CT molecular complexity index is 385. The Morgan fingerprint density at radius 1 is 1.75 bits per heavy atom. The molecule has 0 amide bonds. The van der Waals surface area contributed by atoms with Gasteiger partial charge >= 0.3 is 5.97 Å². The Morgan fingerprint density at radius 2 is 2.50 bits per heavy atom. The lowest BCUT2D eigenvalue weighted by Crippen LogP contribution is -2.68. The van der Waals surface area contributed by atoms with Gasteiger partial charge in [0.25, 0.3) is 0 Å². The van der Waals surface area contributed by atoms with Crippen LogP contribution in [0.15, 0.2) is 6.33 Å². The van der Waals surface area contributed by atoms with E-state index in [1.807, 2.05) is 11.6 Å². The number of rotatable bonds is 5. The van der Waals surface area contributed by atoms with Gasteiger partial charge in [0.2, 0.25) is 0 Å². The van der Waals surface area contributed by atoms with Crippen LogP contribution < -0.4 is 10.6 Å². The number of hydrogen-bond acceptors (Lipinski definition) is 5. The van der Waals surface area contributed by atoms with Crippen molar-refractivity contribution in [3.05, 3.63) is 12.2 Å². The lowest BCUT2D eigenvalue weighted by molar-refractivity contribution is -0.139. The Balaban J connectivity index is 1.93. The standard InChI is InChI=1S/C9H15N5O2/c1-14-6-12-13-7(14)3-11-9(2-8(15)16)4-10-5-9/h6,10-11H,2-5H2,1H3,(H,15,16). The highest BCUT2D eigenvalue weighted by atomic mass is 16.4. The first-order chi connectivity index (χ1) is 7.61. The van der Waals surface area contributed by atoms with Crippen molar-refractivity contribution in [2.75, 3.05) is 13.1 Å². The predicted molar refractivity (Wildman–Crippen MR) is 55.7 cm³/mol. The minimum absolute atomic E-state index is 0.123. The highest BCUT2D eigenvalue weighted by Gasteiger charge is 2.38. The Kier molecular flexibility index (Phi) is 2.88. The maximum Gasteiger partial charge on any atom is 0.305 e. The van der Waals surface area contributed by atoms with E-state index >= 15 is 0 Å². The van der Waals surface area contributed by atoms with Crippen LogP contribution in [0.2, 0.25) is 0 Å². The number of aromatic nitrogens is 3. The maximum atomic E-state index is 10.7. The summed E-state index contributed by atoms with van der Waals surface area (Å²) in [4.78, 5) is 10.7. The molecule has 0 aliphatic carbocycles. The molecule has 0 saturated carbocycles. The van der Waals surface area contributed by atoms with Crippen molar-refractivity contribution in [2.45, 2.75) is 18.5 Å². The molecular formula is C9H15N5O2. The summed E-state index contributed by atoms with van der Waals surface area (Å²) < 4.78 is 1.81. The van der Waals surface area contributed by atoms with Crippen molar-refractivity contribution < 1.29 is 9.90 Å². The largest absolute Gasteiger partial charge is 0.481 e. The molecule has 1 aliphatic rings. The summed E-state index contributed by atoms with van der Waals surface area (Å²) in [6.45, 7) is 1.89. The third-order valence-corrected chi connectivity index (χ3v) is 2.84. The normalized spacial score (nSPS) is 18.1. The predicted octanol–water partition coefficient (Wildman–Crippen LogP) is -1.28. The van der Waals surface area contributed by atoms with Crippen molar-refractivity contribution in [1.29, 1.82) is 0 Å². The van der Waals surface area contributed by atoms with Crippen LogP contribution in [0.25, 0.3) is 0 Å². The summed E-state index contributed by atoms with van der Waals surface area (Å²) in [5.41, 5.74) is -0.336. The van der Waals surface area contributed by atoms with Gasteiger partial charge < -0.3 is 20.3 Å². The van der Waals surface area contributed by atoms with Gasteiger partial charge in [-0.2, -0.15) is 0 Å². The molecule has 0 aromatic carbocycles. The van der Waals surface area contributed by atoms with Gasteiger partial charge in [-0.3, -0.25) is 4.79 Å². The summed E-state index contributed by atoms with van der Waals surface area (Å²) in [7, 11) is 1.86. The molecule has 1 fully saturated rings. The number of hydrogen-bond donors (Lipinski definition) is 3. The first-order valence-electron chi connectivity index (χ1n) is 5.12. The van der Waals surface area contributed by atoms with Gasteiger partial charge in [-0.15, -0.1) is 10.2 Å². The van der Waals surface area contributed by atoms with Crippen molar-refractivity contribution in [1.82, 2.24) is 25.4 Å². The Morgan fingerprint density at radius 3 is 2.94 bits per heavy atom. The molecular weight excluding hydrogens is 210 g/mol. The molecule has 0 atom stereocenters. The van der Waals surface area contributed by atoms with Crippen LogP contribution in [0.3, 0.4) is 0 Å². The highest BCUT2D eigenvalue weighted by molar-refractivity contribution is 5.68. The zero-order chi connectivity index (χ0) is 11.6. The second-order valence-corrected chi connectivity index (χ2v) is 4.17. The average molecular weight is 225 g/mol. The second-order valence-electron chi connectivity index (χ2n) is 4.17. The molecule has 1 aromatic rings. The van der Waals surface area contributed by atoms with E-state index in [1.165, 1.54) is 0 Å². The van der Waals surface area contributed by atoms with Crippen LogP contribution >= 0.6 is 0 Å². The molecule has 2 heterocycles. The van der Waals surface area contributed by atoms with Gasteiger partial charge in [-0.1, -0.05) is 0 Å². The van der Waals surface area contributed by atoms with Crippen LogP contribution in [0.1, 0.15) is 12.2 Å². The number of carboxylic acids is 1. The fourth-order valence-corrected chi connectivity index (χ4v) is 1.76. The summed E-state index contributed by atoms with van der Waals surface area (Å²) in [5, 5.41) is 22.9. The van der Waals surface area contributed by atoms with Gasteiger partial charge in [-0.25, -0.2) is 0 Å². The van der Waals surface area contributed by atoms with Gasteiger partial charge in [0, 0.05) is 20.1 Å². The van der Waals surface area contributed by atoms with Crippen molar-refractivity contribution in [2.24, 2.45) is 7.05 Å². The fourth-order valence-electron chi connectivity index (χ4n) is 1.76. The van der Waals surface area contributed by atoms with Crippen LogP contribution in [-0.2, 0) is 18.4 Å². The van der Waals surface area contributed by atoms with E-state index < -0.39 is 5.97 Å². The third-order valence-electron chi connectivity index (χ3n) is 2.84. The molecule has 16 heavy (non-hydrogen) atoms. The minimum Gasteiger partial charge on any atom is -0.481 e. The van der Waals surface area contributed by atoms with Gasteiger partial charge in [0.1, 0.15) is 12.2 Å². The van der Waals surface area contributed by atoms with Crippen molar-refractivity contribution >= 4 is 5.97 Å². The lowest BCUT2D eigenvalue weighted by atomic mass is 9.88. The number of nitrogens with one attached hydrogen (secondary N) is 2. The molecule has 0 radical (unpaired) electrons. The first kappa shape index (κ1) is 11.0. The minimum atomic E-state index is -0.785. The van der Waals surface area contributed by atoms with Crippen LogP contribution in [0.4, 0.5) is 0 Å². The summed E-state index contributed by atoms with van der Waals surface area (Å²) in [6, 6.07) is 0. The molecule has 1 aliphatic heterocycles. The summed E-state index contributed by atoms with van der Waals surface area (Å²) in [5.74, 6) is 0.0172. The van der Waals surface area contributed by atoms with Gasteiger partial charge in [0.15, 0.2) is 0 Å². The number of aliphatic carboxylic acids is 1. The average Bonchev–Trinajstić information content (AvgIpc) is 2.55. The van der Waals surface area contributed by atoms with E-state index in [0.29, 0.717) is 19.6 Å². The topological polar surface area (TPSA) is 92.1 Å². The molecule has 1 aromatic heterocycles. The molecule has 1 saturated heterocycles. The van der Waals surface area contributed by atoms with E-state index in [0.717, 1.165) is 5.82 Å². The SMILES string of the molecule is Cn1cnnc1CNC1(CC(=O)O)CNC1. The third kappa shape index (κ3) is 2.20. The molecule has 3 N–H and O–H groups in total. The van der Waals surface area contributed by atoms with Crippen molar-refractivity contribution in [3.8, 4) is 0 Å². The molecule has 7 heteroatoms. The van der Waals surface area contributed by atoms with E-state index in [4.69, 9.17) is 5.11 Å². The molecule has 0 bridgehead atoms. The quantitative estimate of drug-likeness (QED) is 0.578. The maximum absolute atomic E-state index is 10.7. The van der Waals surface area contributed by atoms with Gasteiger partial charge in [0.05, 0.1) is 18.5 Å². The van der Waals surface area contributed by atoms with E-state index in [-0.39, 0.29) is 12.0 Å². The van der Waals surface area contributed by atoms with Crippen LogP contribution in [0, 0.1) is 0 Å². The van der Waals surface area contributed by atoms with Gasteiger partial charge in [-0.05, 0) is 0 Å². The summed E-state index contributed by atoms with van der Waals surface area (Å²) >= 11 is 0. The lowest BCUT2D eigenvalue weighted by Gasteiger charge is -2.42. The number of carboxylic acid groups (broad SMARTS) is 1. The number of carbonyl (C=O) groups is 1. The smallest absolute Gasteiger partial charge is 0.305 e. The molecule has 0 spiro atoms. The molecule has 0 unspecified atom stereocenters. The molecule has 2 rings (SSSR count).